The molecule has 0 saturated carbocycles. The Kier molecular flexibility index (Phi) is 4.66. The molecule has 8 nitrogen and oxygen atoms in total. The Morgan fingerprint density at radius 1 is 1.48 bits per heavy atom. The molecule has 1 aromatic carbocycles. The number of hydrogen-bond acceptors (Lipinski definition) is 6. The number of hydrogen-bond donors (Lipinski definition) is 1. The van der Waals surface area contributed by atoms with E-state index in [1.807, 2.05) is 12.3 Å². The third-order valence-corrected chi connectivity index (χ3v) is 5.33. The first kappa shape index (κ1) is 17.7. The van der Waals surface area contributed by atoms with Crippen LogP contribution in [0.3, 0.4) is 0 Å². The van der Waals surface area contributed by atoms with Gasteiger partial charge in [-0.2, -0.15) is 5.10 Å². The summed E-state index contributed by atoms with van der Waals surface area (Å²) in [6.45, 7) is 0.317. The van der Waals surface area contributed by atoms with Gasteiger partial charge in [-0.3, -0.25) is 9.59 Å². The van der Waals surface area contributed by atoms with Gasteiger partial charge in [0.25, 0.3) is 11.8 Å². The molecule has 0 unspecified atom stereocenters. The van der Waals surface area contributed by atoms with Crippen LogP contribution in [0.4, 0.5) is 5.69 Å². The van der Waals surface area contributed by atoms with Gasteiger partial charge in [-0.25, -0.2) is 9.67 Å². The summed E-state index contributed by atoms with van der Waals surface area (Å²) in [4.78, 5) is 31.5. The first-order valence-electron chi connectivity index (χ1n) is 7.97. The number of fused-ring (bicyclic) bond motifs is 1. The zero-order valence-electron chi connectivity index (χ0n) is 14.2. The smallest absolute Gasteiger partial charge is 0.262 e. The average Bonchev–Trinajstić information content (AvgIpc) is 3.32. The van der Waals surface area contributed by atoms with Crippen molar-refractivity contribution in [2.75, 3.05) is 19.0 Å². The predicted molar refractivity (Wildman–Crippen MR) is 103 cm³/mol. The maximum absolute atomic E-state index is 13.0. The molecule has 27 heavy (non-hydrogen) atoms. The van der Waals surface area contributed by atoms with Crippen LogP contribution in [0.5, 0.6) is 5.75 Å². The molecule has 138 valence electrons. The van der Waals surface area contributed by atoms with Crippen molar-refractivity contribution in [2.24, 2.45) is 0 Å². The SMILES string of the molecule is CN(Cc1cnc(-n2cccn2)s1)C(=O)c1cc(Br)cc2c1NC(=O)CO2. The van der Waals surface area contributed by atoms with Crippen molar-refractivity contribution >= 4 is 44.8 Å². The van der Waals surface area contributed by atoms with Gasteiger partial charge in [-0.05, 0) is 18.2 Å². The quantitative estimate of drug-likeness (QED) is 0.663. The van der Waals surface area contributed by atoms with E-state index in [0.29, 0.717) is 28.0 Å². The zero-order chi connectivity index (χ0) is 19.0. The Morgan fingerprint density at radius 2 is 2.33 bits per heavy atom. The molecule has 10 heteroatoms. The topological polar surface area (TPSA) is 89.4 Å². The minimum atomic E-state index is -0.284. The molecular formula is C17H14BrN5O3S. The van der Waals surface area contributed by atoms with E-state index < -0.39 is 0 Å². The van der Waals surface area contributed by atoms with E-state index in [0.717, 1.165) is 10.0 Å². The summed E-state index contributed by atoms with van der Waals surface area (Å²) in [5.41, 5.74) is 0.763. The fraction of sp³-hybridized carbons (Fsp3) is 0.176. The molecule has 2 amide bonds. The number of nitrogens with zero attached hydrogens (tertiary/aromatic N) is 4. The summed E-state index contributed by atoms with van der Waals surface area (Å²) in [6.07, 6.45) is 5.23. The van der Waals surface area contributed by atoms with E-state index in [-0.39, 0.29) is 18.4 Å². The van der Waals surface area contributed by atoms with Crippen molar-refractivity contribution < 1.29 is 14.3 Å². The fourth-order valence-corrected chi connectivity index (χ4v) is 4.02. The van der Waals surface area contributed by atoms with Crippen LogP contribution in [-0.4, -0.2) is 45.1 Å². The highest BCUT2D eigenvalue weighted by atomic mass is 79.9. The lowest BCUT2D eigenvalue weighted by Crippen LogP contribution is -2.31. The Balaban J connectivity index is 1.56. The summed E-state index contributed by atoms with van der Waals surface area (Å²) in [6, 6.07) is 5.23. The number of amides is 2. The van der Waals surface area contributed by atoms with Crippen molar-refractivity contribution in [3.63, 3.8) is 0 Å². The van der Waals surface area contributed by atoms with E-state index in [4.69, 9.17) is 4.74 Å². The van der Waals surface area contributed by atoms with Crippen LogP contribution in [-0.2, 0) is 11.3 Å². The Morgan fingerprint density at radius 3 is 3.11 bits per heavy atom. The van der Waals surface area contributed by atoms with Crippen molar-refractivity contribution in [3.05, 3.63) is 51.7 Å². The number of ether oxygens (including phenoxy) is 1. The van der Waals surface area contributed by atoms with Gasteiger partial charge in [-0.15, -0.1) is 0 Å². The number of benzene rings is 1. The summed E-state index contributed by atoms with van der Waals surface area (Å²) in [5.74, 6) is -0.0419. The molecule has 0 saturated heterocycles. The maximum atomic E-state index is 13.0. The van der Waals surface area contributed by atoms with Crippen molar-refractivity contribution in [3.8, 4) is 10.9 Å². The number of anilines is 1. The third kappa shape index (κ3) is 3.58. The van der Waals surface area contributed by atoms with Gasteiger partial charge in [-0.1, -0.05) is 27.3 Å². The van der Waals surface area contributed by atoms with E-state index in [1.54, 1.807) is 41.2 Å². The second-order valence-corrected chi connectivity index (χ2v) is 7.89. The Hall–Kier alpha value is -2.72. The number of rotatable bonds is 4. The second-order valence-electron chi connectivity index (χ2n) is 5.88. The molecule has 3 heterocycles. The van der Waals surface area contributed by atoms with Crippen molar-refractivity contribution in [1.82, 2.24) is 19.7 Å². The number of thiazole rings is 1. The average molecular weight is 448 g/mol. The molecule has 2 aromatic heterocycles. The van der Waals surface area contributed by atoms with Crippen molar-refractivity contribution in [2.45, 2.75) is 6.54 Å². The minimum Gasteiger partial charge on any atom is -0.482 e. The molecular weight excluding hydrogens is 434 g/mol. The van der Waals surface area contributed by atoms with E-state index in [2.05, 4.69) is 31.3 Å². The number of aromatic nitrogens is 3. The standard InChI is InChI=1S/C17H14BrN5O3S/c1-22(8-11-7-19-17(27-11)23-4-2-3-20-23)16(25)12-5-10(18)6-13-15(12)21-14(24)9-26-13/h2-7H,8-9H2,1H3,(H,21,24). The van der Waals surface area contributed by atoms with E-state index in [9.17, 15) is 9.59 Å². The lowest BCUT2D eigenvalue weighted by atomic mass is 10.1. The molecule has 4 rings (SSSR count). The number of halogens is 1. The first-order valence-corrected chi connectivity index (χ1v) is 9.58. The molecule has 0 atom stereocenters. The lowest BCUT2D eigenvalue weighted by molar-refractivity contribution is -0.118. The molecule has 1 aliphatic rings. The van der Waals surface area contributed by atoms with Crippen LogP contribution in [0, 0.1) is 0 Å². The molecule has 1 N–H and O–H groups in total. The molecule has 0 spiro atoms. The summed E-state index contributed by atoms with van der Waals surface area (Å²) < 4.78 is 7.80. The monoisotopic (exact) mass is 447 g/mol. The number of carbonyl (C=O) groups is 2. The van der Waals surface area contributed by atoms with Crippen LogP contribution in [0.1, 0.15) is 15.2 Å². The normalized spacial score (nSPS) is 12.9. The zero-order valence-corrected chi connectivity index (χ0v) is 16.6. The van der Waals surface area contributed by atoms with Crippen LogP contribution in [0.2, 0.25) is 0 Å². The van der Waals surface area contributed by atoms with Crippen molar-refractivity contribution in [1.29, 1.82) is 0 Å². The van der Waals surface area contributed by atoms with Gasteiger partial charge in [0.1, 0.15) is 5.75 Å². The van der Waals surface area contributed by atoms with Gasteiger partial charge >= 0.3 is 0 Å². The molecule has 0 radical (unpaired) electrons. The van der Waals surface area contributed by atoms with Gasteiger partial charge < -0.3 is 15.0 Å². The lowest BCUT2D eigenvalue weighted by Gasteiger charge is -2.23. The fourth-order valence-electron chi connectivity index (χ4n) is 2.68. The van der Waals surface area contributed by atoms with Crippen LogP contribution in [0.15, 0.2) is 41.3 Å². The molecule has 1 aliphatic heterocycles. The van der Waals surface area contributed by atoms with E-state index >= 15 is 0 Å². The highest BCUT2D eigenvalue weighted by Gasteiger charge is 2.25. The summed E-state index contributed by atoms with van der Waals surface area (Å²) >= 11 is 4.84. The highest BCUT2D eigenvalue weighted by Crippen LogP contribution is 2.35. The molecule has 0 fully saturated rings. The second kappa shape index (κ2) is 7.12. The first-order chi connectivity index (χ1) is 13.0. The maximum Gasteiger partial charge on any atom is 0.262 e. The highest BCUT2D eigenvalue weighted by molar-refractivity contribution is 9.10. The minimum absolute atomic E-state index is 0.0655. The van der Waals surface area contributed by atoms with Crippen LogP contribution in [0.25, 0.3) is 5.13 Å². The molecule has 3 aromatic rings. The number of nitrogens with one attached hydrogen (secondary N) is 1. The van der Waals surface area contributed by atoms with Gasteiger partial charge in [0.15, 0.2) is 6.61 Å². The van der Waals surface area contributed by atoms with Gasteiger partial charge in [0.2, 0.25) is 5.13 Å². The number of carbonyl (C=O) groups excluding carboxylic acids is 2. The largest absolute Gasteiger partial charge is 0.482 e. The van der Waals surface area contributed by atoms with Gasteiger partial charge in [0.05, 0.1) is 17.8 Å². The van der Waals surface area contributed by atoms with Gasteiger partial charge in [0, 0.05) is 35.0 Å². The van der Waals surface area contributed by atoms with E-state index in [1.165, 1.54) is 11.3 Å². The predicted octanol–water partition coefficient (Wildman–Crippen LogP) is 2.69. The van der Waals surface area contributed by atoms with Crippen LogP contribution >= 0.6 is 27.3 Å². The van der Waals surface area contributed by atoms with Crippen LogP contribution < -0.4 is 10.1 Å². The molecule has 0 aliphatic carbocycles. The Bertz CT molecular complexity index is 1020. The summed E-state index contributed by atoms with van der Waals surface area (Å²) in [7, 11) is 1.70. The Labute approximate surface area is 166 Å². The third-order valence-electron chi connectivity index (χ3n) is 3.90. The summed E-state index contributed by atoms with van der Waals surface area (Å²) in [5, 5.41) is 7.61. The molecule has 0 bridgehead atoms.